The van der Waals surface area contributed by atoms with Crippen LogP contribution in [0, 0.1) is 5.41 Å². The van der Waals surface area contributed by atoms with E-state index >= 15 is 0 Å². The summed E-state index contributed by atoms with van der Waals surface area (Å²) in [6.07, 6.45) is 3.30. The van der Waals surface area contributed by atoms with Gasteiger partial charge in [0.2, 0.25) is 0 Å². The Morgan fingerprint density at radius 3 is 2.79 bits per heavy atom. The van der Waals surface area contributed by atoms with Gasteiger partial charge in [-0.25, -0.2) is 4.39 Å². The first-order valence-electron chi connectivity index (χ1n) is 6.68. The predicted molar refractivity (Wildman–Crippen MR) is 77.8 cm³/mol. The molecule has 104 valence electrons. The zero-order valence-corrected chi connectivity index (χ0v) is 11.0. The normalized spacial score (nSPS) is 17.3. The Morgan fingerprint density at radius 2 is 2.16 bits per heavy atom. The molecule has 1 aromatic rings. The van der Waals surface area contributed by atoms with Crippen molar-refractivity contribution in [3.05, 3.63) is 23.8 Å². The molecule has 0 spiro atoms. The van der Waals surface area contributed by atoms with Gasteiger partial charge in [0.05, 0.1) is 0 Å². The minimum absolute atomic E-state index is 0.265. The Hall–Kier alpha value is -1.62. The summed E-state index contributed by atoms with van der Waals surface area (Å²) >= 11 is 0. The summed E-state index contributed by atoms with van der Waals surface area (Å²) in [6.45, 7) is 2.16. The molecule has 1 heterocycles. The average molecular weight is 264 g/mol. The number of nitrogen functional groups attached to an aromatic ring is 1. The van der Waals surface area contributed by atoms with Gasteiger partial charge < -0.3 is 21.4 Å². The highest BCUT2D eigenvalue weighted by Gasteiger charge is 2.18. The Labute approximate surface area is 113 Å². The van der Waals surface area contributed by atoms with Gasteiger partial charge in [0.1, 0.15) is 6.67 Å². The maximum absolute atomic E-state index is 12.3. The van der Waals surface area contributed by atoms with E-state index in [1.165, 1.54) is 6.21 Å². The van der Waals surface area contributed by atoms with E-state index in [9.17, 15) is 4.39 Å². The van der Waals surface area contributed by atoms with E-state index in [0.717, 1.165) is 37.2 Å². The van der Waals surface area contributed by atoms with Crippen molar-refractivity contribution in [2.75, 3.05) is 37.4 Å². The molecule has 0 atom stereocenters. The van der Waals surface area contributed by atoms with E-state index < -0.39 is 0 Å². The van der Waals surface area contributed by atoms with Crippen molar-refractivity contribution in [1.29, 1.82) is 5.41 Å². The molecule has 2 rings (SSSR count). The molecule has 1 aliphatic rings. The van der Waals surface area contributed by atoms with Crippen molar-refractivity contribution >= 4 is 17.6 Å². The SMILES string of the molecule is N=Cc1cc(NC2CCN(CCF)CC2)ccc1N. The summed E-state index contributed by atoms with van der Waals surface area (Å²) in [5.74, 6) is 0. The van der Waals surface area contributed by atoms with Crippen molar-refractivity contribution in [2.45, 2.75) is 18.9 Å². The highest BCUT2D eigenvalue weighted by Crippen LogP contribution is 2.20. The van der Waals surface area contributed by atoms with Gasteiger partial charge in [-0.1, -0.05) is 0 Å². The number of benzene rings is 1. The smallest absolute Gasteiger partial charge is 0.102 e. The summed E-state index contributed by atoms with van der Waals surface area (Å²) in [5, 5.41) is 10.8. The van der Waals surface area contributed by atoms with Gasteiger partial charge in [-0.3, -0.25) is 0 Å². The van der Waals surface area contributed by atoms with Gasteiger partial charge in [-0.15, -0.1) is 0 Å². The van der Waals surface area contributed by atoms with Crippen LogP contribution in [0.4, 0.5) is 15.8 Å². The topological polar surface area (TPSA) is 65.1 Å². The Kier molecular flexibility index (Phi) is 4.74. The predicted octanol–water partition coefficient (Wildman–Crippen LogP) is 2.11. The molecule has 0 saturated carbocycles. The molecule has 1 fully saturated rings. The lowest BCUT2D eigenvalue weighted by Gasteiger charge is -2.32. The summed E-state index contributed by atoms with van der Waals surface area (Å²) in [7, 11) is 0. The summed E-state index contributed by atoms with van der Waals surface area (Å²) in [4.78, 5) is 2.16. The van der Waals surface area contributed by atoms with Gasteiger partial charge in [-0.2, -0.15) is 0 Å². The number of halogens is 1. The molecule has 0 aromatic heterocycles. The van der Waals surface area contributed by atoms with Crippen LogP contribution in [0.5, 0.6) is 0 Å². The number of nitrogens with two attached hydrogens (primary N) is 1. The van der Waals surface area contributed by atoms with E-state index in [4.69, 9.17) is 11.1 Å². The Bertz CT molecular complexity index is 427. The number of hydrogen-bond acceptors (Lipinski definition) is 4. The highest BCUT2D eigenvalue weighted by atomic mass is 19.1. The zero-order valence-electron chi connectivity index (χ0n) is 11.0. The largest absolute Gasteiger partial charge is 0.398 e. The second-order valence-electron chi connectivity index (χ2n) is 4.94. The first-order chi connectivity index (χ1) is 9.22. The van der Waals surface area contributed by atoms with E-state index in [1.807, 2.05) is 18.2 Å². The fraction of sp³-hybridized carbons (Fsp3) is 0.500. The first kappa shape index (κ1) is 13.8. The second kappa shape index (κ2) is 6.52. The number of piperidine rings is 1. The lowest BCUT2D eigenvalue weighted by Crippen LogP contribution is -2.40. The first-order valence-corrected chi connectivity index (χ1v) is 6.68. The van der Waals surface area contributed by atoms with Crippen LogP contribution in [-0.2, 0) is 0 Å². The van der Waals surface area contributed by atoms with Gasteiger partial charge in [-0.05, 0) is 31.0 Å². The Balaban J connectivity index is 1.90. The standard InChI is InChI=1S/C14H21FN4/c15-5-8-19-6-3-12(4-7-19)18-13-1-2-14(17)11(9-13)10-16/h1-2,9-10,12,16,18H,3-8,17H2. The third kappa shape index (κ3) is 3.67. The van der Waals surface area contributed by atoms with Gasteiger partial charge >= 0.3 is 0 Å². The fourth-order valence-electron chi connectivity index (χ4n) is 2.45. The zero-order chi connectivity index (χ0) is 13.7. The van der Waals surface area contributed by atoms with E-state index in [2.05, 4.69) is 10.2 Å². The molecule has 0 aliphatic carbocycles. The molecule has 5 heteroatoms. The van der Waals surface area contributed by atoms with Crippen LogP contribution >= 0.6 is 0 Å². The van der Waals surface area contributed by atoms with Gasteiger partial charge in [0.25, 0.3) is 0 Å². The highest BCUT2D eigenvalue weighted by molar-refractivity contribution is 5.86. The molecule has 0 radical (unpaired) electrons. The van der Waals surface area contributed by atoms with Crippen molar-refractivity contribution in [2.24, 2.45) is 0 Å². The Morgan fingerprint density at radius 1 is 1.42 bits per heavy atom. The molecule has 1 saturated heterocycles. The molecule has 0 amide bonds. The van der Waals surface area contributed by atoms with E-state index in [-0.39, 0.29) is 6.67 Å². The molecule has 1 aliphatic heterocycles. The lowest BCUT2D eigenvalue weighted by molar-refractivity contribution is 0.203. The molecule has 4 N–H and O–H groups in total. The summed E-state index contributed by atoms with van der Waals surface area (Å²) in [5.41, 5.74) is 8.12. The van der Waals surface area contributed by atoms with Crippen LogP contribution in [0.3, 0.4) is 0 Å². The molecular weight excluding hydrogens is 243 g/mol. The van der Waals surface area contributed by atoms with Crippen LogP contribution in [0.15, 0.2) is 18.2 Å². The van der Waals surface area contributed by atoms with Crippen LogP contribution in [0.25, 0.3) is 0 Å². The third-order valence-corrected chi connectivity index (χ3v) is 3.60. The fourth-order valence-corrected chi connectivity index (χ4v) is 2.45. The van der Waals surface area contributed by atoms with Crippen LogP contribution < -0.4 is 11.1 Å². The maximum Gasteiger partial charge on any atom is 0.102 e. The lowest BCUT2D eigenvalue weighted by atomic mass is 10.0. The van der Waals surface area contributed by atoms with Crippen LogP contribution in [0.1, 0.15) is 18.4 Å². The van der Waals surface area contributed by atoms with Crippen molar-refractivity contribution < 1.29 is 4.39 Å². The molecular formula is C14H21FN4. The summed E-state index contributed by atoms with van der Waals surface area (Å²) < 4.78 is 12.3. The van der Waals surface area contributed by atoms with Crippen molar-refractivity contribution in [1.82, 2.24) is 4.90 Å². The van der Waals surface area contributed by atoms with Gasteiger partial charge in [0, 0.05) is 48.8 Å². The second-order valence-corrected chi connectivity index (χ2v) is 4.94. The number of anilines is 2. The van der Waals surface area contributed by atoms with E-state index in [1.54, 1.807) is 0 Å². The minimum Gasteiger partial charge on any atom is -0.398 e. The monoisotopic (exact) mass is 264 g/mol. The van der Waals surface area contributed by atoms with Crippen molar-refractivity contribution in [3.63, 3.8) is 0 Å². The van der Waals surface area contributed by atoms with Crippen molar-refractivity contribution in [3.8, 4) is 0 Å². The molecule has 4 nitrogen and oxygen atoms in total. The van der Waals surface area contributed by atoms with Crippen LogP contribution in [-0.4, -0.2) is 43.5 Å². The van der Waals surface area contributed by atoms with Crippen LogP contribution in [0.2, 0.25) is 0 Å². The number of nitrogens with zero attached hydrogens (tertiary/aromatic N) is 1. The van der Waals surface area contributed by atoms with Gasteiger partial charge in [0.15, 0.2) is 0 Å². The molecule has 0 bridgehead atoms. The number of nitrogens with one attached hydrogen (secondary N) is 2. The number of rotatable bonds is 5. The third-order valence-electron chi connectivity index (χ3n) is 3.60. The average Bonchev–Trinajstić information content (AvgIpc) is 2.43. The molecule has 19 heavy (non-hydrogen) atoms. The number of likely N-dealkylation sites (tertiary alicyclic amines) is 1. The van der Waals surface area contributed by atoms with E-state index in [0.29, 0.717) is 18.3 Å². The number of hydrogen-bond donors (Lipinski definition) is 3. The molecule has 1 aromatic carbocycles. The summed E-state index contributed by atoms with van der Waals surface area (Å²) in [6, 6.07) is 6.08. The minimum atomic E-state index is -0.265. The number of alkyl halides is 1. The molecule has 0 unspecified atom stereocenters. The maximum atomic E-state index is 12.3. The quantitative estimate of drug-likeness (QED) is 0.564.